The summed E-state index contributed by atoms with van der Waals surface area (Å²) in [5.41, 5.74) is -0.571. The van der Waals surface area contributed by atoms with Gasteiger partial charge in [-0.05, 0) is 35.0 Å². The lowest BCUT2D eigenvalue weighted by atomic mass is 9.89. The molecule has 4 heterocycles. The van der Waals surface area contributed by atoms with Gasteiger partial charge in [-0.3, -0.25) is 14.7 Å². The summed E-state index contributed by atoms with van der Waals surface area (Å²) in [5, 5.41) is 25.1. The lowest BCUT2D eigenvalue weighted by molar-refractivity contribution is -0.114. The molecule has 2 aliphatic heterocycles. The normalized spacial score (nSPS) is 27.1. The number of imidazole rings is 1. The fraction of sp³-hybridized carbons (Fsp3) is 0.786. The molecule has 2 saturated heterocycles. The molecule has 13 nitrogen and oxygen atoms in total. The molecule has 4 rings (SSSR count). The molecule has 2 aromatic rings. The largest absolute Gasteiger partial charge is 0.479 e. The maximum Gasteiger partial charge on any atom is 0.335 e. The molecule has 2 aromatic heterocycles. The van der Waals surface area contributed by atoms with Gasteiger partial charge in [0, 0.05) is 13.5 Å². The number of nitrogens with zero attached hydrogens (tertiary/aromatic N) is 4. The fourth-order valence-corrected chi connectivity index (χ4v) is 17.8. The molecule has 1 amide bonds. The molecule has 1 unspecified atom stereocenters. The van der Waals surface area contributed by atoms with Crippen LogP contribution in [0.25, 0.3) is 11.2 Å². The van der Waals surface area contributed by atoms with E-state index in [0.717, 1.165) is 0 Å². The lowest BCUT2D eigenvalue weighted by Crippen LogP contribution is -2.67. The highest BCUT2D eigenvalue weighted by atomic mass is 28.5. The Hall–Kier alpha value is -1.99. The van der Waals surface area contributed by atoms with Gasteiger partial charge < -0.3 is 32.7 Å². The molecule has 0 saturated carbocycles. The highest BCUT2D eigenvalue weighted by Crippen LogP contribution is 2.52. The molecular weight excluding hydrogens is 591 g/mol. The van der Waals surface area contributed by atoms with Crippen LogP contribution in [-0.2, 0) is 22.5 Å². The molecule has 0 radical (unpaired) electrons. The van der Waals surface area contributed by atoms with E-state index in [9.17, 15) is 15.0 Å². The lowest BCUT2D eigenvalue weighted by Gasteiger charge is -2.52. The Morgan fingerprint density at radius 3 is 2.28 bits per heavy atom. The zero-order chi connectivity index (χ0) is 31.9. The first-order valence-corrected chi connectivity index (χ1v) is 19.2. The number of methoxy groups -OCH3 is 1. The third-order valence-electron chi connectivity index (χ3n) is 8.74. The van der Waals surface area contributed by atoms with E-state index in [1.165, 1.54) is 20.4 Å². The summed E-state index contributed by atoms with van der Waals surface area (Å²) in [6.45, 7) is 18.5. The first-order valence-electron chi connectivity index (χ1n) is 15.2. The van der Waals surface area contributed by atoms with Crippen LogP contribution in [0, 0.1) is 0 Å². The molecule has 0 spiro atoms. The minimum absolute atomic E-state index is 0.0326. The van der Waals surface area contributed by atoms with Crippen LogP contribution in [0.4, 0.5) is 5.95 Å². The fourth-order valence-electron chi connectivity index (χ4n) is 6.60. The van der Waals surface area contributed by atoms with E-state index in [0.29, 0.717) is 17.6 Å². The molecule has 2 aliphatic rings. The predicted octanol–water partition coefficient (Wildman–Crippen LogP) is 4.15. The topological polar surface area (TPSA) is 159 Å². The number of hydrogen-bond donors (Lipinski definition) is 3. The van der Waals surface area contributed by atoms with Crippen LogP contribution < -0.4 is 10.1 Å². The monoisotopic (exact) mass is 639 g/mol. The molecule has 0 aromatic carbocycles. The SMILES string of the molecule is COc1nc(NC(C)=O)nc2c1ncn2[C@@H]1OC2CO[Si](C(C)C)(C(C)C)O[Si](C(C)C)(C(C)C)O[C@H]2[C@@]1(O)CCCO. The minimum Gasteiger partial charge on any atom is -0.479 e. The summed E-state index contributed by atoms with van der Waals surface area (Å²) >= 11 is 0. The Morgan fingerprint density at radius 1 is 1.12 bits per heavy atom. The Labute approximate surface area is 256 Å². The van der Waals surface area contributed by atoms with Gasteiger partial charge in [0.25, 0.3) is 0 Å². The molecule has 0 bridgehead atoms. The van der Waals surface area contributed by atoms with E-state index in [2.05, 4.69) is 75.7 Å². The number of anilines is 1. The van der Waals surface area contributed by atoms with Gasteiger partial charge in [-0.2, -0.15) is 9.97 Å². The zero-order valence-electron chi connectivity index (χ0n) is 27.1. The van der Waals surface area contributed by atoms with Crippen molar-refractivity contribution >= 4 is 40.1 Å². The average Bonchev–Trinajstić information content (AvgIpc) is 3.44. The van der Waals surface area contributed by atoms with Crippen molar-refractivity contribution in [2.24, 2.45) is 0 Å². The maximum absolute atomic E-state index is 12.7. The third-order valence-corrected chi connectivity index (χ3v) is 19.0. The van der Waals surface area contributed by atoms with Crippen LogP contribution >= 0.6 is 0 Å². The molecule has 4 atom stereocenters. The Balaban J connectivity index is 1.90. The van der Waals surface area contributed by atoms with Gasteiger partial charge in [-0.15, -0.1) is 0 Å². The highest BCUT2D eigenvalue weighted by Gasteiger charge is 2.65. The number of aliphatic hydroxyl groups excluding tert-OH is 1. The Bertz CT molecular complexity index is 1280. The smallest absolute Gasteiger partial charge is 0.335 e. The predicted molar refractivity (Wildman–Crippen MR) is 165 cm³/mol. The number of fused-ring (bicyclic) bond motifs is 2. The summed E-state index contributed by atoms with van der Waals surface area (Å²) < 4.78 is 35.2. The number of nitrogens with one attached hydrogen (secondary N) is 1. The number of aromatic nitrogens is 4. The van der Waals surface area contributed by atoms with Gasteiger partial charge in [-0.25, -0.2) is 4.98 Å². The van der Waals surface area contributed by atoms with E-state index in [4.69, 9.17) is 22.4 Å². The Kier molecular flexibility index (Phi) is 10.1. The number of hydrogen-bond acceptors (Lipinski definition) is 11. The third kappa shape index (κ3) is 5.90. The molecule has 242 valence electrons. The van der Waals surface area contributed by atoms with Crippen molar-refractivity contribution < 1.29 is 37.4 Å². The van der Waals surface area contributed by atoms with Crippen LogP contribution in [-0.4, -0.2) is 90.9 Å². The van der Waals surface area contributed by atoms with Crippen LogP contribution in [0.3, 0.4) is 0 Å². The summed E-state index contributed by atoms with van der Waals surface area (Å²) in [6.07, 6.45) is -0.466. The van der Waals surface area contributed by atoms with Crippen LogP contribution in [0.5, 0.6) is 5.88 Å². The summed E-state index contributed by atoms with van der Waals surface area (Å²) in [6, 6.07) is 0. The van der Waals surface area contributed by atoms with Gasteiger partial charge in [-0.1, -0.05) is 55.4 Å². The van der Waals surface area contributed by atoms with Gasteiger partial charge in [0.05, 0.1) is 20.0 Å². The minimum atomic E-state index is -3.09. The van der Waals surface area contributed by atoms with Crippen molar-refractivity contribution in [3.8, 4) is 5.88 Å². The first kappa shape index (κ1) is 33.9. The summed E-state index contributed by atoms with van der Waals surface area (Å²) in [7, 11) is -4.48. The molecule has 3 N–H and O–H groups in total. The van der Waals surface area contributed by atoms with Crippen LogP contribution in [0.15, 0.2) is 6.33 Å². The highest BCUT2D eigenvalue weighted by molar-refractivity contribution is 6.84. The van der Waals surface area contributed by atoms with E-state index in [-0.39, 0.29) is 59.5 Å². The van der Waals surface area contributed by atoms with Crippen molar-refractivity contribution in [3.05, 3.63) is 6.33 Å². The number of ether oxygens (including phenoxy) is 2. The van der Waals surface area contributed by atoms with Crippen molar-refractivity contribution in [3.63, 3.8) is 0 Å². The molecule has 0 aliphatic carbocycles. The second kappa shape index (κ2) is 12.8. The second-order valence-corrected chi connectivity index (χ2v) is 21.8. The van der Waals surface area contributed by atoms with Crippen LogP contribution in [0.1, 0.15) is 81.4 Å². The number of aliphatic hydroxyl groups is 2. The van der Waals surface area contributed by atoms with Crippen molar-refractivity contribution in [1.82, 2.24) is 19.5 Å². The van der Waals surface area contributed by atoms with Gasteiger partial charge >= 0.3 is 17.1 Å². The van der Waals surface area contributed by atoms with E-state index in [1.54, 1.807) is 4.57 Å². The quantitative estimate of drug-likeness (QED) is 0.321. The summed E-state index contributed by atoms with van der Waals surface area (Å²) in [4.78, 5) is 25.1. The zero-order valence-corrected chi connectivity index (χ0v) is 29.1. The Morgan fingerprint density at radius 2 is 1.74 bits per heavy atom. The molecule has 2 fully saturated rings. The first-order chi connectivity index (χ1) is 20.2. The van der Waals surface area contributed by atoms with Gasteiger partial charge in [0.15, 0.2) is 17.4 Å². The number of amides is 1. The summed E-state index contributed by atoms with van der Waals surface area (Å²) in [5.74, 6) is -0.149. The number of rotatable bonds is 10. The second-order valence-electron chi connectivity index (χ2n) is 12.9. The molecule has 15 heteroatoms. The number of carbonyl (C=O) groups is 1. The van der Waals surface area contributed by atoms with E-state index < -0.39 is 41.2 Å². The van der Waals surface area contributed by atoms with E-state index >= 15 is 0 Å². The van der Waals surface area contributed by atoms with Gasteiger partial charge in [0.1, 0.15) is 17.8 Å². The standard InChI is InChI=1S/C28H49N5O8Si2/c1-16(2)42(17(3)4)38-14-21-23(40-43(41-42,18(5)6)19(7)8)28(36,12-11-13-34)26(39-21)33-15-29-22-24(33)31-27(30-20(9)35)32-25(22)37-10/h15-19,21,23,26,34,36H,11-14H2,1-10H3,(H,30,31,32,35)/t21?,23-,26-,28+/m1/s1. The van der Waals surface area contributed by atoms with Crippen molar-refractivity contribution in [2.45, 2.75) is 121 Å². The van der Waals surface area contributed by atoms with Crippen molar-refractivity contribution in [1.29, 1.82) is 0 Å². The number of carbonyl (C=O) groups excluding carboxylic acids is 1. The molecular formula is C28H49N5O8Si2. The van der Waals surface area contributed by atoms with E-state index in [1.807, 2.05) is 0 Å². The molecule has 43 heavy (non-hydrogen) atoms. The van der Waals surface area contributed by atoms with Crippen LogP contribution in [0.2, 0.25) is 22.2 Å². The maximum atomic E-state index is 12.7. The van der Waals surface area contributed by atoms with Crippen molar-refractivity contribution in [2.75, 3.05) is 25.6 Å². The van der Waals surface area contributed by atoms with Gasteiger partial charge in [0.2, 0.25) is 17.7 Å². The average molecular weight is 640 g/mol.